The molecule has 0 bridgehead atoms. The second kappa shape index (κ2) is 8.52. The third-order valence-corrected chi connectivity index (χ3v) is 3.67. The molecular formula is C18H17F3N2O4. The van der Waals surface area contributed by atoms with Crippen molar-refractivity contribution in [3.05, 3.63) is 59.8 Å². The summed E-state index contributed by atoms with van der Waals surface area (Å²) in [6.07, 6.45) is -4.53. The van der Waals surface area contributed by atoms with E-state index >= 15 is 0 Å². The van der Waals surface area contributed by atoms with Gasteiger partial charge in [0.2, 0.25) is 5.88 Å². The molecule has 1 aromatic heterocycles. The Bertz CT molecular complexity index is 797. The third-order valence-electron chi connectivity index (χ3n) is 3.67. The van der Waals surface area contributed by atoms with Gasteiger partial charge in [-0.15, -0.1) is 0 Å². The van der Waals surface area contributed by atoms with E-state index in [0.29, 0.717) is 5.56 Å². The van der Waals surface area contributed by atoms with Gasteiger partial charge in [-0.3, -0.25) is 9.59 Å². The number of benzene rings is 1. The lowest BCUT2D eigenvalue weighted by Crippen LogP contribution is -2.36. The number of halogens is 3. The van der Waals surface area contributed by atoms with Crippen LogP contribution in [0.1, 0.15) is 29.0 Å². The number of aromatic nitrogens is 1. The molecule has 0 aliphatic carbocycles. The fraction of sp³-hybridized carbons (Fsp3) is 0.278. The van der Waals surface area contributed by atoms with E-state index in [1.54, 1.807) is 30.3 Å². The lowest BCUT2D eigenvalue weighted by atomic mass is 9.94. The molecule has 2 unspecified atom stereocenters. The lowest BCUT2D eigenvalue weighted by Gasteiger charge is -2.22. The molecule has 0 fully saturated rings. The second-order valence-corrected chi connectivity index (χ2v) is 5.75. The molecule has 0 saturated carbocycles. The number of carboxylic acid groups (broad SMARTS) is 1. The smallest absolute Gasteiger partial charge is 0.422 e. The van der Waals surface area contributed by atoms with E-state index in [4.69, 9.17) is 0 Å². The van der Waals surface area contributed by atoms with Crippen LogP contribution in [0.5, 0.6) is 5.88 Å². The third kappa shape index (κ3) is 5.98. The average Bonchev–Trinajstić information content (AvgIpc) is 2.64. The number of carboxylic acids is 1. The number of hydrogen-bond donors (Lipinski definition) is 2. The van der Waals surface area contributed by atoms with Gasteiger partial charge in [-0.2, -0.15) is 13.2 Å². The van der Waals surface area contributed by atoms with Crippen LogP contribution in [-0.2, 0) is 4.79 Å². The molecule has 0 aliphatic rings. The van der Waals surface area contributed by atoms with Gasteiger partial charge in [0, 0.05) is 6.07 Å². The van der Waals surface area contributed by atoms with Crippen LogP contribution in [0.2, 0.25) is 0 Å². The zero-order chi connectivity index (χ0) is 20.0. The van der Waals surface area contributed by atoms with E-state index in [0.717, 1.165) is 0 Å². The Morgan fingerprint density at radius 2 is 1.81 bits per heavy atom. The molecule has 0 aliphatic heterocycles. The molecule has 2 N–H and O–H groups in total. The fourth-order valence-corrected chi connectivity index (χ4v) is 2.29. The molecule has 1 heterocycles. The van der Waals surface area contributed by atoms with Crippen LogP contribution in [0.4, 0.5) is 13.2 Å². The van der Waals surface area contributed by atoms with Gasteiger partial charge in [0.1, 0.15) is 5.69 Å². The Labute approximate surface area is 153 Å². The lowest BCUT2D eigenvalue weighted by molar-refractivity contribution is -0.154. The van der Waals surface area contributed by atoms with E-state index < -0.39 is 36.6 Å². The summed E-state index contributed by atoms with van der Waals surface area (Å²) in [5, 5.41) is 11.9. The molecule has 27 heavy (non-hydrogen) atoms. The van der Waals surface area contributed by atoms with Crippen LogP contribution >= 0.6 is 0 Å². The average molecular weight is 382 g/mol. The first kappa shape index (κ1) is 20.2. The number of alkyl halides is 3. The first-order valence-corrected chi connectivity index (χ1v) is 7.92. The van der Waals surface area contributed by atoms with E-state index in [1.165, 1.54) is 25.1 Å². The summed E-state index contributed by atoms with van der Waals surface area (Å²) in [5.41, 5.74) is 0.387. The maximum atomic E-state index is 12.5. The van der Waals surface area contributed by atoms with Gasteiger partial charge in [0.05, 0.1) is 12.0 Å². The molecule has 0 radical (unpaired) electrons. The van der Waals surface area contributed by atoms with Crippen LogP contribution in [-0.4, -0.2) is 34.8 Å². The second-order valence-electron chi connectivity index (χ2n) is 5.75. The van der Waals surface area contributed by atoms with Crippen molar-refractivity contribution in [2.75, 3.05) is 6.61 Å². The van der Waals surface area contributed by atoms with E-state index in [-0.39, 0.29) is 11.6 Å². The normalized spacial score (nSPS) is 13.5. The molecule has 2 aromatic rings. The zero-order valence-corrected chi connectivity index (χ0v) is 14.2. The van der Waals surface area contributed by atoms with Crippen LogP contribution in [0.3, 0.4) is 0 Å². The highest BCUT2D eigenvalue weighted by molar-refractivity contribution is 5.93. The van der Waals surface area contributed by atoms with Crippen molar-refractivity contribution < 1.29 is 32.6 Å². The summed E-state index contributed by atoms with van der Waals surface area (Å²) in [6, 6.07) is 11.4. The van der Waals surface area contributed by atoms with Crippen LogP contribution in [0.15, 0.2) is 48.5 Å². The van der Waals surface area contributed by atoms with Crippen molar-refractivity contribution in [3.63, 3.8) is 0 Å². The number of rotatable bonds is 7. The first-order valence-electron chi connectivity index (χ1n) is 7.92. The van der Waals surface area contributed by atoms with Gasteiger partial charge >= 0.3 is 12.1 Å². The molecule has 0 saturated heterocycles. The minimum absolute atomic E-state index is 0.187. The van der Waals surface area contributed by atoms with E-state index in [2.05, 4.69) is 15.0 Å². The molecule has 2 rings (SSSR count). The van der Waals surface area contributed by atoms with Crippen molar-refractivity contribution in [2.45, 2.75) is 19.1 Å². The Kier molecular flexibility index (Phi) is 6.38. The first-order chi connectivity index (χ1) is 12.7. The van der Waals surface area contributed by atoms with E-state index in [9.17, 15) is 27.9 Å². The predicted octanol–water partition coefficient (Wildman–Crippen LogP) is 3.21. The van der Waals surface area contributed by atoms with Crippen molar-refractivity contribution in [1.82, 2.24) is 10.3 Å². The van der Waals surface area contributed by atoms with Gasteiger partial charge in [-0.05, 0) is 18.6 Å². The molecule has 0 spiro atoms. The molecule has 6 nitrogen and oxygen atoms in total. The highest BCUT2D eigenvalue weighted by atomic mass is 19.4. The van der Waals surface area contributed by atoms with Gasteiger partial charge in [-0.25, -0.2) is 4.98 Å². The van der Waals surface area contributed by atoms with Gasteiger partial charge in [0.25, 0.3) is 5.91 Å². The molecule has 1 aromatic carbocycles. The topological polar surface area (TPSA) is 88.5 Å². The van der Waals surface area contributed by atoms with Gasteiger partial charge < -0.3 is 15.2 Å². The predicted molar refractivity (Wildman–Crippen MR) is 89.2 cm³/mol. The number of aliphatic carboxylic acids is 1. The van der Waals surface area contributed by atoms with Crippen LogP contribution in [0.25, 0.3) is 0 Å². The Hall–Kier alpha value is -3.10. The monoisotopic (exact) mass is 382 g/mol. The number of carbonyl (C=O) groups is 2. The summed E-state index contributed by atoms with van der Waals surface area (Å²) >= 11 is 0. The van der Waals surface area contributed by atoms with Crippen LogP contribution in [0, 0.1) is 5.92 Å². The molecule has 9 heteroatoms. The number of nitrogens with one attached hydrogen (secondary N) is 1. The molecular weight excluding hydrogens is 365 g/mol. The molecule has 144 valence electrons. The Balaban J connectivity index is 2.19. The van der Waals surface area contributed by atoms with Crippen molar-refractivity contribution in [3.8, 4) is 5.88 Å². The van der Waals surface area contributed by atoms with Crippen molar-refractivity contribution in [1.29, 1.82) is 0 Å². The summed E-state index contributed by atoms with van der Waals surface area (Å²) < 4.78 is 41.2. The number of carbonyl (C=O) groups excluding carboxylic acids is 1. The highest BCUT2D eigenvalue weighted by Crippen LogP contribution is 2.23. The minimum atomic E-state index is -4.53. The molecule has 2 atom stereocenters. The van der Waals surface area contributed by atoms with Crippen molar-refractivity contribution in [2.24, 2.45) is 5.92 Å². The number of amides is 1. The number of pyridine rings is 1. The van der Waals surface area contributed by atoms with Crippen LogP contribution < -0.4 is 10.1 Å². The summed E-state index contributed by atoms with van der Waals surface area (Å²) in [6.45, 7) is -0.0929. The Morgan fingerprint density at radius 3 is 2.41 bits per heavy atom. The summed E-state index contributed by atoms with van der Waals surface area (Å²) in [7, 11) is 0. The van der Waals surface area contributed by atoms with Crippen molar-refractivity contribution >= 4 is 11.9 Å². The SMILES string of the molecule is CC(C(=O)O)C(NC(=O)c1cccc(OCC(F)(F)F)n1)c1ccccc1. The summed E-state index contributed by atoms with van der Waals surface area (Å²) in [5.74, 6) is -3.14. The number of hydrogen-bond acceptors (Lipinski definition) is 4. The Morgan fingerprint density at radius 1 is 1.15 bits per heavy atom. The quantitative estimate of drug-likeness (QED) is 0.768. The fourth-order valence-electron chi connectivity index (χ4n) is 2.29. The maximum absolute atomic E-state index is 12.5. The van der Waals surface area contributed by atoms with Gasteiger partial charge in [0.15, 0.2) is 6.61 Å². The molecule has 1 amide bonds. The standard InChI is InChI=1S/C18H17F3N2O4/c1-11(17(25)26)15(12-6-3-2-4-7-12)23-16(24)13-8-5-9-14(22-13)27-10-18(19,20)21/h2-9,11,15H,10H2,1H3,(H,23,24)(H,25,26). The minimum Gasteiger partial charge on any atom is -0.481 e. The zero-order valence-electron chi connectivity index (χ0n) is 14.2. The highest BCUT2D eigenvalue weighted by Gasteiger charge is 2.29. The number of ether oxygens (including phenoxy) is 1. The number of nitrogens with zero attached hydrogens (tertiary/aromatic N) is 1. The largest absolute Gasteiger partial charge is 0.481 e. The van der Waals surface area contributed by atoms with Gasteiger partial charge in [-0.1, -0.05) is 36.4 Å². The maximum Gasteiger partial charge on any atom is 0.422 e. The van der Waals surface area contributed by atoms with E-state index in [1.807, 2.05) is 0 Å². The summed E-state index contributed by atoms with van der Waals surface area (Å²) in [4.78, 5) is 27.6.